The maximum absolute atomic E-state index is 10.4. The van der Waals surface area contributed by atoms with E-state index in [1.165, 1.54) is 12.1 Å². The first-order valence-electron chi connectivity index (χ1n) is 3.52. The van der Waals surface area contributed by atoms with Gasteiger partial charge < -0.3 is 8.37 Å². The Morgan fingerprint density at radius 1 is 1.06 bits per heavy atom. The molecule has 0 unspecified atom stereocenters. The molecule has 1 aromatic carbocycles. The Morgan fingerprint density at radius 2 is 1.62 bits per heavy atom. The van der Waals surface area contributed by atoms with Crippen molar-refractivity contribution in [2.75, 3.05) is 0 Å². The Hall–Kier alpha value is -1.36. The van der Waals surface area contributed by atoms with Gasteiger partial charge in [0.25, 0.3) is 0 Å². The van der Waals surface area contributed by atoms with Crippen LogP contribution in [0.25, 0.3) is 0 Å². The van der Waals surface area contributed by atoms with Crippen molar-refractivity contribution in [3.8, 4) is 11.5 Å². The summed E-state index contributed by atoms with van der Waals surface area (Å²) >= 11 is 0. The number of hydrogen-bond donors (Lipinski definition) is 2. The lowest BCUT2D eigenvalue weighted by atomic mass is 10.3. The number of rotatable bonds is 4. The average molecular weight is 269 g/mol. The van der Waals surface area contributed by atoms with Crippen LogP contribution in [0.3, 0.4) is 0 Å². The van der Waals surface area contributed by atoms with Crippen molar-refractivity contribution in [2.24, 2.45) is 0 Å². The van der Waals surface area contributed by atoms with Crippen molar-refractivity contribution in [1.29, 1.82) is 0 Å². The van der Waals surface area contributed by atoms with E-state index in [0.29, 0.717) is 0 Å². The molecular weight excluding hydrogens is 264 g/mol. The smallest absolute Gasteiger partial charge is 0.358 e. The predicted octanol–water partition coefficient (Wildman–Crippen LogP) is -0.150. The average Bonchev–Trinajstić information content (AvgIpc) is 2.03. The molecule has 0 aliphatic rings. The molecule has 1 rings (SSSR count). The molecule has 0 spiro atoms. The molecule has 0 aromatic heterocycles. The zero-order valence-electron chi connectivity index (χ0n) is 7.39. The van der Waals surface area contributed by atoms with Crippen molar-refractivity contribution in [3.63, 3.8) is 0 Å². The van der Waals surface area contributed by atoms with E-state index in [-0.39, 0.29) is 0 Å². The largest absolute Gasteiger partial charge is 0.446 e. The molecular formula is C6H5O8S2. The second-order valence-corrected chi connectivity index (χ2v) is 4.43. The molecule has 0 saturated heterocycles. The van der Waals surface area contributed by atoms with Gasteiger partial charge in [0.15, 0.2) is 11.5 Å². The van der Waals surface area contributed by atoms with Crippen LogP contribution in [0.5, 0.6) is 11.5 Å². The SMILES string of the molecule is O=S(=O)(O)Oc1[c]cccc1OS(=O)(=O)O. The van der Waals surface area contributed by atoms with Crippen molar-refractivity contribution >= 4 is 20.8 Å². The van der Waals surface area contributed by atoms with E-state index in [4.69, 9.17) is 9.11 Å². The van der Waals surface area contributed by atoms with Crippen molar-refractivity contribution in [1.82, 2.24) is 0 Å². The van der Waals surface area contributed by atoms with Gasteiger partial charge in [0.1, 0.15) is 0 Å². The molecule has 0 saturated carbocycles. The maximum atomic E-state index is 10.4. The van der Waals surface area contributed by atoms with Gasteiger partial charge in [-0.2, -0.15) is 16.8 Å². The fourth-order valence-electron chi connectivity index (χ4n) is 0.756. The van der Waals surface area contributed by atoms with E-state index in [9.17, 15) is 16.8 Å². The lowest BCUT2D eigenvalue weighted by Crippen LogP contribution is -2.11. The fourth-order valence-corrected chi connectivity index (χ4v) is 1.45. The highest BCUT2D eigenvalue weighted by molar-refractivity contribution is 7.81. The van der Waals surface area contributed by atoms with Gasteiger partial charge in [-0.05, 0) is 6.07 Å². The van der Waals surface area contributed by atoms with Gasteiger partial charge in [-0.15, -0.1) is 0 Å². The molecule has 0 fully saturated rings. The molecule has 0 aliphatic heterocycles. The highest BCUT2D eigenvalue weighted by atomic mass is 32.3. The van der Waals surface area contributed by atoms with E-state index in [1.54, 1.807) is 0 Å². The lowest BCUT2D eigenvalue weighted by Gasteiger charge is -2.06. The highest BCUT2D eigenvalue weighted by Crippen LogP contribution is 2.27. The van der Waals surface area contributed by atoms with Crippen LogP contribution in [0.4, 0.5) is 0 Å². The first-order chi connectivity index (χ1) is 7.17. The molecule has 10 heteroatoms. The highest BCUT2D eigenvalue weighted by Gasteiger charge is 2.16. The molecule has 0 amide bonds. The maximum Gasteiger partial charge on any atom is 0.446 e. The lowest BCUT2D eigenvalue weighted by molar-refractivity contribution is 0.361. The van der Waals surface area contributed by atoms with Crippen LogP contribution < -0.4 is 8.37 Å². The summed E-state index contributed by atoms with van der Waals surface area (Å²) in [7, 11) is -9.67. The molecule has 0 atom stereocenters. The van der Waals surface area contributed by atoms with Crippen molar-refractivity contribution in [3.05, 3.63) is 24.3 Å². The molecule has 2 N–H and O–H groups in total. The fraction of sp³-hybridized carbons (Fsp3) is 0. The summed E-state index contributed by atoms with van der Waals surface area (Å²) in [4.78, 5) is 0. The molecule has 89 valence electrons. The van der Waals surface area contributed by atoms with Crippen LogP contribution in [-0.4, -0.2) is 25.9 Å². The van der Waals surface area contributed by atoms with Crippen LogP contribution >= 0.6 is 0 Å². The summed E-state index contributed by atoms with van der Waals surface area (Å²) in [6, 6.07) is 5.57. The van der Waals surface area contributed by atoms with Gasteiger partial charge in [-0.3, -0.25) is 9.11 Å². The topological polar surface area (TPSA) is 127 Å². The van der Waals surface area contributed by atoms with E-state index >= 15 is 0 Å². The van der Waals surface area contributed by atoms with Crippen molar-refractivity contribution in [2.45, 2.75) is 0 Å². The van der Waals surface area contributed by atoms with Crippen LogP contribution in [0, 0.1) is 6.07 Å². The summed E-state index contributed by atoms with van der Waals surface area (Å²) in [5, 5.41) is 0. The molecule has 1 aromatic rings. The third kappa shape index (κ3) is 4.44. The summed E-state index contributed by atoms with van der Waals surface area (Å²) in [5.74, 6) is -1.34. The number of para-hydroxylation sites is 1. The molecule has 0 aliphatic carbocycles. The normalized spacial score (nSPS) is 12.1. The van der Waals surface area contributed by atoms with Gasteiger partial charge in [0, 0.05) is 6.07 Å². The van der Waals surface area contributed by atoms with Crippen LogP contribution in [-0.2, 0) is 20.8 Å². The van der Waals surface area contributed by atoms with Gasteiger partial charge in [-0.25, -0.2) is 0 Å². The van der Waals surface area contributed by atoms with Crippen molar-refractivity contribution < 1.29 is 34.3 Å². The van der Waals surface area contributed by atoms with E-state index in [2.05, 4.69) is 14.4 Å². The number of benzene rings is 1. The third-order valence-corrected chi connectivity index (χ3v) is 1.93. The zero-order valence-corrected chi connectivity index (χ0v) is 9.03. The molecule has 8 nitrogen and oxygen atoms in total. The Labute approximate surface area is 91.3 Å². The van der Waals surface area contributed by atoms with Crippen LogP contribution in [0.2, 0.25) is 0 Å². The molecule has 0 bridgehead atoms. The van der Waals surface area contributed by atoms with E-state index < -0.39 is 32.3 Å². The summed E-state index contributed by atoms with van der Waals surface area (Å²) in [6.45, 7) is 0. The minimum Gasteiger partial charge on any atom is -0.358 e. The van der Waals surface area contributed by atoms with Gasteiger partial charge >= 0.3 is 20.8 Å². The summed E-state index contributed by atoms with van der Waals surface area (Å²) in [5.41, 5.74) is 0. The van der Waals surface area contributed by atoms with Gasteiger partial charge in [-0.1, -0.05) is 12.1 Å². The first kappa shape index (κ1) is 12.7. The quantitative estimate of drug-likeness (QED) is 0.722. The minimum atomic E-state index is -4.84. The standard InChI is InChI=1S/C6H5O8S2/c7-15(8,9)13-5-3-1-2-4-6(5)14-16(10,11)12/h1-3H,(H,7,8,9)(H,10,11,12). The summed E-state index contributed by atoms with van der Waals surface area (Å²) in [6.07, 6.45) is 0. The van der Waals surface area contributed by atoms with Gasteiger partial charge in [0.05, 0.1) is 0 Å². The molecule has 0 heterocycles. The zero-order chi connectivity index (χ0) is 12.4. The third-order valence-electron chi connectivity index (χ3n) is 1.17. The van der Waals surface area contributed by atoms with E-state index in [0.717, 1.165) is 6.07 Å². The second-order valence-electron chi connectivity index (χ2n) is 2.39. The summed E-state index contributed by atoms with van der Waals surface area (Å²) < 4.78 is 66.1. The van der Waals surface area contributed by atoms with Gasteiger partial charge in [0.2, 0.25) is 0 Å². The van der Waals surface area contributed by atoms with Crippen LogP contribution in [0.1, 0.15) is 0 Å². The first-order valence-corrected chi connectivity index (χ1v) is 6.25. The van der Waals surface area contributed by atoms with E-state index in [1.807, 2.05) is 0 Å². The Bertz CT molecular complexity index is 519. The van der Waals surface area contributed by atoms with Crippen LogP contribution in [0.15, 0.2) is 18.2 Å². The Balaban J connectivity index is 3.11. The Kier molecular flexibility index (Phi) is 3.38. The molecule has 16 heavy (non-hydrogen) atoms. The minimum absolute atomic E-state index is 0.636. The Morgan fingerprint density at radius 3 is 2.12 bits per heavy atom. The molecule has 1 radical (unpaired) electrons. The monoisotopic (exact) mass is 269 g/mol. The second kappa shape index (κ2) is 4.25. The number of hydrogen-bond acceptors (Lipinski definition) is 6. The predicted molar refractivity (Wildman–Crippen MR) is 49.6 cm³/mol.